The van der Waals surface area contributed by atoms with Gasteiger partial charge in [0.2, 0.25) is 0 Å². The van der Waals surface area contributed by atoms with Gasteiger partial charge in [-0.05, 0) is 43.5 Å². The second-order valence-electron chi connectivity index (χ2n) is 6.54. The Labute approximate surface area is 164 Å². The molecule has 0 amide bonds. The third-order valence-corrected chi connectivity index (χ3v) is 6.37. The van der Waals surface area contributed by atoms with Gasteiger partial charge in [-0.15, -0.1) is 0 Å². The van der Waals surface area contributed by atoms with Crippen LogP contribution in [0.4, 0.5) is 10.1 Å². The van der Waals surface area contributed by atoms with Crippen LogP contribution in [-0.4, -0.2) is 20.1 Å². The number of hydrogen-bond acceptors (Lipinski definition) is 4. The lowest BCUT2D eigenvalue weighted by Gasteiger charge is -2.25. The molecule has 0 spiro atoms. The molecule has 0 saturated carbocycles. The van der Waals surface area contributed by atoms with Crippen molar-refractivity contribution in [3.8, 4) is 11.3 Å². The molecule has 148 valence electrons. The van der Waals surface area contributed by atoms with E-state index in [-0.39, 0.29) is 17.1 Å². The van der Waals surface area contributed by atoms with Gasteiger partial charge in [0.1, 0.15) is 5.82 Å². The van der Waals surface area contributed by atoms with E-state index in [1.54, 1.807) is 37.3 Å². The Morgan fingerprint density at radius 1 is 1.11 bits per heavy atom. The van der Waals surface area contributed by atoms with E-state index < -0.39 is 15.8 Å². The first-order valence-corrected chi connectivity index (χ1v) is 10.7. The van der Waals surface area contributed by atoms with Crippen molar-refractivity contribution < 1.29 is 17.3 Å². The van der Waals surface area contributed by atoms with E-state index in [9.17, 15) is 12.8 Å². The minimum Gasteiger partial charge on any atom is -0.356 e. The Bertz CT molecular complexity index is 1080. The fourth-order valence-electron chi connectivity index (χ4n) is 3.09. The molecule has 0 aliphatic carbocycles. The number of hydrogen-bond donors (Lipinski definition) is 0. The number of halogens is 1. The molecular formula is C21H23FN2O3S. The quantitative estimate of drug-likeness (QED) is 0.560. The number of sulfonamides is 1. The van der Waals surface area contributed by atoms with E-state index in [2.05, 4.69) is 5.16 Å². The summed E-state index contributed by atoms with van der Waals surface area (Å²) in [5.41, 5.74) is 2.03. The molecule has 5 nitrogen and oxygen atoms in total. The van der Waals surface area contributed by atoms with Crippen LogP contribution >= 0.6 is 0 Å². The molecule has 0 saturated heterocycles. The van der Waals surface area contributed by atoms with Gasteiger partial charge in [0.25, 0.3) is 10.0 Å². The minimum absolute atomic E-state index is 0.0484. The van der Waals surface area contributed by atoms with Gasteiger partial charge in [-0.3, -0.25) is 4.31 Å². The molecule has 0 aliphatic heterocycles. The third-order valence-electron chi connectivity index (χ3n) is 4.48. The molecular weight excluding hydrogens is 379 g/mol. The van der Waals surface area contributed by atoms with Gasteiger partial charge < -0.3 is 4.52 Å². The molecule has 0 atom stereocenters. The van der Waals surface area contributed by atoms with Gasteiger partial charge >= 0.3 is 0 Å². The predicted molar refractivity (Wildman–Crippen MR) is 107 cm³/mol. The summed E-state index contributed by atoms with van der Waals surface area (Å²) < 4.78 is 48.0. The number of benzene rings is 2. The van der Waals surface area contributed by atoms with Crippen LogP contribution in [0.5, 0.6) is 0 Å². The van der Waals surface area contributed by atoms with E-state index in [0.29, 0.717) is 35.4 Å². The number of anilines is 1. The summed E-state index contributed by atoms with van der Waals surface area (Å²) in [5.74, 6) is -0.0795. The maximum Gasteiger partial charge on any atom is 0.264 e. The van der Waals surface area contributed by atoms with Crippen LogP contribution in [0.15, 0.2) is 57.9 Å². The minimum atomic E-state index is -3.97. The van der Waals surface area contributed by atoms with E-state index in [1.165, 1.54) is 12.1 Å². The van der Waals surface area contributed by atoms with Gasteiger partial charge in [-0.2, -0.15) is 0 Å². The number of aromatic nitrogens is 1. The predicted octanol–water partition coefficient (Wildman–Crippen LogP) is 4.96. The maximum atomic E-state index is 14.4. The van der Waals surface area contributed by atoms with E-state index in [4.69, 9.17) is 4.52 Å². The van der Waals surface area contributed by atoms with E-state index in [0.717, 1.165) is 4.31 Å². The zero-order chi connectivity index (χ0) is 20.3. The largest absolute Gasteiger partial charge is 0.356 e. The van der Waals surface area contributed by atoms with Crippen LogP contribution in [0.1, 0.15) is 31.5 Å². The van der Waals surface area contributed by atoms with Gasteiger partial charge in [0.15, 0.2) is 5.76 Å². The highest BCUT2D eigenvalue weighted by molar-refractivity contribution is 7.92. The van der Waals surface area contributed by atoms with Crippen molar-refractivity contribution in [2.75, 3.05) is 10.8 Å². The van der Waals surface area contributed by atoms with Crippen molar-refractivity contribution in [3.63, 3.8) is 0 Å². The van der Waals surface area contributed by atoms with Gasteiger partial charge in [0, 0.05) is 18.2 Å². The monoisotopic (exact) mass is 402 g/mol. The van der Waals surface area contributed by atoms with Gasteiger partial charge in [-0.1, -0.05) is 43.3 Å². The molecule has 28 heavy (non-hydrogen) atoms. The smallest absolute Gasteiger partial charge is 0.264 e. The summed E-state index contributed by atoms with van der Waals surface area (Å²) in [5, 5.41) is 3.87. The molecule has 0 fully saturated rings. The normalized spacial score (nSPS) is 11.6. The molecule has 1 aromatic heterocycles. The lowest BCUT2D eigenvalue weighted by molar-refractivity contribution is 0.427. The van der Waals surface area contributed by atoms with Gasteiger partial charge in [0.05, 0.1) is 16.3 Å². The Balaban J connectivity index is 2.16. The fourth-order valence-corrected chi connectivity index (χ4v) is 4.97. The van der Waals surface area contributed by atoms with Crippen LogP contribution in [0.25, 0.3) is 11.3 Å². The molecule has 0 bridgehead atoms. The molecule has 0 N–H and O–H groups in total. The fraction of sp³-hybridized carbons (Fsp3) is 0.286. The first-order chi connectivity index (χ1) is 13.4. The highest BCUT2D eigenvalue weighted by atomic mass is 32.2. The second kappa shape index (κ2) is 8.14. The molecule has 3 rings (SSSR count). The summed E-state index contributed by atoms with van der Waals surface area (Å²) in [6, 6.07) is 12.8. The average Bonchev–Trinajstić information content (AvgIpc) is 3.12. The first-order valence-electron chi connectivity index (χ1n) is 9.22. The lowest BCUT2D eigenvalue weighted by atomic mass is 10.1. The highest BCUT2D eigenvalue weighted by Gasteiger charge is 2.29. The van der Waals surface area contributed by atoms with Crippen LogP contribution in [0, 0.1) is 12.7 Å². The van der Waals surface area contributed by atoms with E-state index >= 15 is 0 Å². The topological polar surface area (TPSA) is 63.4 Å². The molecule has 1 heterocycles. The Hall–Kier alpha value is -2.67. The zero-order valence-corrected chi connectivity index (χ0v) is 17.0. The van der Waals surface area contributed by atoms with Crippen molar-refractivity contribution in [3.05, 3.63) is 65.6 Å². The Morgan fingerprint density at radius 3 is 2.46 bits per heavy atom. The van der Waals surface area contributed by atoms with Crippen molar-refractivity contribution in [1.29, 1.82) is 0 Å². The number of para-hydroxylation sites is 1. The summed E-state index contributed by atoms with van der Waals surface area (Å²) in [6.07, 6.45) is 1.08. The SMILES string of the molecule is CCCN(c1ccccc1F)S(=O)(=O)c1cc(-c2cc(C)no2)ccc1CC. The lowest BCUT2D eigenvalue weighted by Crippen LogP contribution is -2.33. The number of nitrogens with zero attached hydrogens (tertiary/aromatic N) is 2. The average molecular weight is 402 g/mol. The third kappa shape index (κ3) is 3.80. The van der Waals surface area contributed by atoms with Crippen LogP contribution in [0.2, 0.25) is 0 Å². The molecule has 0 aliphatic rings. The zero-order valence-electron chi connectivity index (χ0n) is 16.1. The number of rotatable bonds is 7. The van der Waals surface area contributed by atoms with Crippen LogP contribution in [-0.2, 0) is 16.4 Å². The maximum absolute atomic E-state index is 14.4. The van der Waals surface area contributed by atoms with E-state index in [1.807, 2.05) is 19.9 Å². The van der Waals surface area contributed by atoms with Crippen LogP contribution in [0.3, 0.4) is 0 Å². The van der Waals surface area contributed by atoms with Crippen molar-refractivity contribution in [2.45, 2.75) is 38.5 Å². The summed E-state index contributed by atoms with van der Waals surface area (Å²) in [6.45, 7) is 5.72. The summed E-state index contributed by atoms with van der Waals surface area (Å²) in [4.78, 5) is 0.151. The molecule has 2 aromatic carbocycles. The summed E-state index contributed by atoms with van der Waals surface area (Å²) >= 11 is 0. The highest BCUT2D eigenvalue weighted by Crippen LogP contribution is 2.31. The van der Waals surface area contributed by atoms with Crippen molar-refractivity contribution >= 4 is 15.7 Å². The Morgan fingerprint density at radius 2 is 1.86 bits per heavy atom. The molecule has 7 heteroatoms. The van der Waals surface area contributed by atoms with Crippen molar-refractivity contribution in [2.24, 2.45) is 0 Å². The van der Waals surface area contributed by atoms with Gasteiger partial charge in [-0.25, -0.2) is 12.8 Å². The molecule has 0 unspecified atom stereocenters. The van der Waals surface area contributed by atoms with Crippen LogP contribution < -0.4 is 4.31 Å². The molecule has 0 radical (unpaired) electrons. The molecule has 3 aromatic rings. The second-order valence-corrected chi connectivity index (χ2v) is 8.37. The van der Waals surface area contributed by atoms with Crippen molar-refractivity contribution in [1.82, 2.24) is 5.16 Å². The Kier molecular flexibility index (Phi) is 5.84. The number of aryl methyl sites for hydroxylation is 2. The summed E-state index contributed by atoms with van der Waals surface area (Å²) in [7, 11) is -3.97. The standard InChI is InChI=1S/C21H23FN2O3S/c1-4-12-24(19-9-7-6-8-18(19)22)28(25,26)21-14-17(11-10-16(21)5-2)20-13-15(3)23-27-20/h6-11,13-14H,4-5,12H2,1-3H3. The first kappa shape index (κ1) is 20.1.